The summed E-state index contributed by atoms with van der Waals surface area (Å²) in [6, 6.07) is 5.49. The van der Waals surface area contributed by atoms with E-state index in [-0.39, 0.29) is 10.6 Å². The maximum Gasteiger partial charge on any atom is 0.273 e. The van der Waals surface area contributed by atoms with Gasteiger partial charge in [0.2, 0.25) is 0 Å². The minimum atomic E-state index is -0.308. The Morgan fingerprint density at radius 1 is 1.38 bits per heavy atom. The second-order valence-corrected chi connectivity index (χ2v) is 6.69. The Labute approximate surface area is 134 Å². The normalized spacial score (nSPS) is 19.6. The van der Waals surface area contributed by atoms with Gasteiger partial charge in [0.05, 0.1) is 4.92 Å². The Kier molecular flexibility index (Phi) is 5.62. The molecule has 0 saturated carbocycles. The molecule has 116 valence electrons. The van der Waals surface area contributed by atoms with E-state index in [4.69, 9.17) is 0 Å². The molecule has 0 bridgehead atoms. The predicted octanol–water partition coefficient (Wildman–Crippen LogP) is 4.75. The zero-order valence-electron chi connectivity index (χ0n) is 12.7. The van der Waals surface area contributed by atoms with E-state index in [1.807, 2.05) is 12.1 Å². The average Bonchev–Trinajstić information content (AvgIpc) is 2.72. The summed E-state index contributed by atoms with van der Waals surface area (Å²) in [7, 11) is 0. The highest BCUT2D eigenvalue weighted by Crippen LogP contribution is 2.30. The quantitative estimate of drug-likeness (QED) is 0.445. The van der Waals surface area contributed by atoms with Gasteiger partial charge in [0.1, 0.15) is 0 Å². The number of benzene rings is 1. The highest BCUT2D eigenvalue weighted by atomic mass is 79.9. The molecule has 1 atom stereocenters. The van der Waals surface area contributed by atoms with E-state index in [1.54, 1.807) is 6.07 Å². The number of anilines is 1. The topological polar surface area (TPSA) is 46.4 Å². The van der Waals surface area contributed by atoms with Crippen LogP contribution in [-0.4, -0.2) is 18.0 Å². The lowest BCUT2D eigenvalue weighted by Crippen LogP contribution is -2.24. The van der Waals surface area contributed by atoms with Crippen LogP contribution < -0.4 is 4.90 Å². The molecule has 1 aromatic rings. The number of nitro benzene ring substituents is 1. The molecule has 0 aliphatic carbocycles. The second-order valence-electron chi connectivity index (χ2n) is 6.13. The second kappa shape index (κ2) is 7.25. The van der Waals surface area contributed by atoms with Gasteiger partial charge in [0.25, 0.3) is 5.69 Å². The van der Waals surface area contributed by atoms with Gasteiger partial charge >= 0.3 is 0 Å². The molecular formula is C16H23BrN2O2. The fraction of sp³-hybridized carbons (Fsp3) is 0.625. The number of nitro groups is 1. The molecule has 21 heavy (non-hydrogen) atoms. The van der Waals surface area contributed by atoms with Crippen molar-refractivity contribution >= 4 is 27.3 Å². The van der Waals surface area contributed by atoms with Crippen LogP contribution in [-0.2, 0) is 5.33 Å². The molecule has 0 radical (unpaired) electrons. The number of halogens is 1. The summed E-state index contributed by atoms with van der Waals surface area (Å²) >= 11 is 3.36. The fourth-order valence-corrected chi connectivity index (χ4v) is 3.55. The summed E-state index contributed by atoms with van der Waals surface area (Å²) in [4.78, 5) is 13.1. The van der Waals surface area contributed by atoms with E-state index in [2.05, 4.69) is 34.7 Å². The van der Waals surface area contributed by atoms with E-state index in [0.29, 0.717) is 5.33 Å². The molecule has 5 heteroatoms. The van der Waals surface area contributed by atoms with Crippen LogP contribution in [0, 0.1) is 22.0 Å². The van der Waals surface area contributed by atoms with Crippen LogP contribution in [0.4, 0.5) is 11.4 Å². The van der Waals surface area contributed by atoms with Crippen LogP contribution in [0.15, 0.2) is 18.2 Å². The van der Waals surface area contributed by atoms with Crippen molar-refractivity contribution in [3.63, 3.8) is 0 Å². The van der Waals surface area contributed by atoms with Crippen molar-refractivity contribution in [2.75, 3.05) is 18.0 Å². The Balaban J connectivity index is 2.16. The number of nitrogens with zero attached hydrogens (tertiary/aromatic N) is 2. The third-order valence-electron chi connectivity index (χ3n) is 4.48. The molecule has 1 heterocycles. The lowest BCUT2D eigenvalue weighted by Gasteiger charge is -2.24. The van der Waals surface area contributed by atoms with Gasteiger partial charge in [-0.05, 0) is 43.2 Å². The minimum Gasteiger partial charge on any atom is -0.372 e. The van der Waals surface area contributed by atoms with Gasteiger partial charge in [0.15, 0.2) is 0 Å². The molecule has 1 saturated heterocycles. The molecule has 4 nitrogen and oxygen atoms in total. The van der Waals surface area contributed by atoms with Crippen molar-refractivity contribution < 1.29 is 4.92 Å². The van der Waals surface area contributed by atoms with Crippen molar-refractivity contribution in [1.29, 1.82) is 0 Å². The van der Waals surface area contributed by atoms with Crippen molar-refractivity contribution in [3.05, 3.63) is 33.9 Å². The molecule has 0 spiro atoms. The monoisotopic (exact) mass is 354 g/mol. The number of hydrogen-bond acceptors (Lipinski definition) is 3. The van der Waals surface area contributed by atoms with Crippen LogP contribution in [0.1, 0.15) is 38.7 Å². The molecule has 1 fully saturated rings. The summed E-state index contributed by atoms with van der Waals surface area (Å²) in [5.74, 6) is 1.53. The Bertz CT molecular complexity index is 505. The van der Waals surface area contributed by atoms with Gasteiger partial charge in [-0.2, -0.15) is 0 Å². The van der Waals surface area contributed by atoms with Crippen molar-refractivity contribution in [2.45, 2.75) is 38.4 Å². The van der Waals surface area contributed by atoms with E-state index in [1.165, 1.54) is 19.3 Å². The Morgan fingerprint density at radius 3 is 2.76 bits per heavy atom. The summed E-state index contributed by atoms with van der Waals surface area (Å²) < 4.78 is 0. The molecular weight excluding hydrogens is 332 g/mol. The highest BCUT2D eigenvalue weighted by molar-refractivity contribution is 9.08. The zero-order chi connectivity index (χ0) is 15.4. The molecule has 0 N–H and O–H groups in total. The van der Waals surface area contributed by atoms with Crippen LogP contribution in [0.3, 0.4) is 0 Å². The van der Waals surface area contributed by atoms with Crippen LogP contribution in [0.2, 0.25) is 0 Å². The standard InChI is InChI=1S/C16H23BrN2O2/c1-12(2)13-4-3-8-18(9-7-13)15-5-6-16(19(20)21)14(10-15)11-17/h5-6,10,12-13H,3-4,7-9,11H2,1-2H3. The first kappa shape index (κ1) is 16.3. The van der Waals surface area contributed by atoms with E-state index in [0.717, 1.165) is 36.2 Å². The molecule has 0 aromatic heterocycles. The first-order chi connectivity index (χ1) is 10.0. The van der Waals surface area contributed by atoms with Gasteiger partial charge in [-0.3, -0.25) is 10.1 Å². The molecule has 0 amide bonds. The fourth-order valence-electron chi connectivity index (χ4n) is 3.10. The van der Waals surface area contributed by atoms with Crippen molar-refractivity contribution in [3.8, 4) is 0 Å². The highest BCUT2D eigenvalue weighted by Gasteiger charge is 2.21. The molecule has 2 rings (SSSR count). The van der Waals surface area contributed by atoms with Gasteiger partial charge in [-0.15, -0.1) is 0 Å². The Morgan fingerprint density at radius 2 is 2.14 bits per heavy atom. The minimum absolute atomic E-state index is 0.200. The average molecular weight is 355 g/mol. The van der Waals surface area contributed by atoms with Gasteiger partial charge in [-0.25, -0.2) is 0 Å². The first-order valence-electron chi connectivity index (χ1n) is 7.61. The smallest absolute Gasteiger partial charge is 0.273 e. The number of rotatable bonds is 4. The Hall–Kier alpha value is -1.10. The lowest BCUT2D eigenvalue weighted by atomic mass is 9.89. The molecule has 1 aromatic carbocycles. The molecule has 1 unspecified atom stereocenters. The van der Waals surface area contributed by atoms with E-state index < -0.39 is 0 Å². The summed E-state index contributed by atoms with van der Waals surface area (Å²) in [6.45, 7) is 6.69. The van der Waals surface area contributed by atoms with Crippen LogP contribution in [0.5, 0.6) is 0 Å². The summed E-state index contributed by atoms with van der Waals surface area (Å²) in [5, 5.41) is 11.5. The van der Waals surface area contributed by atoms with Crippen molar-refractivity contribution in [1.82, 2.24) is 0 Å². The third kappa shape index (κ3) is 3.96. The molecule has 1 aliphatic heterocycles. The maximum atomic E-state index is 11.0. The maximum absolute atomic E-state index is 11.0. The molecule has 1 aliphatic rings. The van der Waals surface area contributed by atoms with Gasteiger partial charge in [-0.1, -0.05) is 29.8 Å². The zero-order valence-corrected chi connectivity index (χ0v) is 14.3. The van der Waals surface area contributed by atoms with Gasteiger partial charge in [0, 0.05) is 35.7 Å². The van der Waals surface area contributed by atoms with Crippen molar-refractivity contribution in [2.24, 2.45) is 11.8 Å². The lowest BCUT2D eigenvalue weighted by molar-refractivity contribution is -0.385. The summed E-state index contributed by atoms with van der Waals surface area (Å²) in [6.07, 6.45) is 3.69. The summed E-state index contributed by atoms with van der Waals surface area (Å²) in [5.41, 5.74) is 2.06. The largest absolute Gasteiger partial charge is 0.372 e. The SMILES string of the molecule is CC(C)C1CCCN(c2ccc([N+](=O)[O-])c(CBr)c2)CC1. The third-order valence-corrected chi connectivity index (χ3v) is 5.09. The number of hydrogen-bond donors (Lipinski definition) is 0. The van der Waals surface area contributed by atoms with E-state index >= 15 is 0 Å². The van der Waals surface area contributed by atoms with Crippen LogP contribution >= 0.6 is 15.9 Å². The van der Waals surface area contributed by atoms with Gasteiger partial charge < -0.3 is 4.90 Å². The van der Waals surface area contributed by atoms with E-state index in [9.17, 15) is 10.1 Å². The first-order valence-corrected chi connectivity index (χ1v) is 8.73. The number of alkyl halides is 1. The predicted molar refractivity (Wildman–Crippen MR) is 90.1 cm³/mol. The van der Waals surface area contributed by atoms with Crippen LogP contribution in [0.25, 0.3) is 0 Å².